The molecule has 4 nitrogen and oxygen atoms in total. The van der Waals surface area contributed by atoms with E-state index in [9.17, 15) is 9.18 Å². The first-order valence-electron chi connectivity index (χ1n) is 8.07. The van der Waals surface area contributed by atoms with E-state index in [0.717, 1.165) is 5.56 Å². The minimum Gasteiger partial charge on any atom is -0.364 e. The molecule has 0 fully saturated rings. The molecule has 0 aliphatic carbocycles. The zero-order valence-electron chi connectivity index (χ0n) is 13.9. The van der Waals surface area contributed by atoms with Gasteiger partial charge in [0.1, 0.15) is 17.8 Å². The van der Waals surface area contributed by atoms with Gasteiger partial charge < -0.3 is 9.42 Å². The van der Waals surface area contributed by atoms with Crippen molar-refractivity contribution in [1.82, 2.24) is 10.1 Å². The maximum atomic E-state index is 14.3. The fraction of sp³-hybridized carbons (Fsp3) is 0.200. The Morgan fingerprint density at radius 2 is 1.84 bits per heavy atom. The highest BCUT2D eigenvalue weighted by Gasteiger charge is 2.23. The predicted octanol–water partition coefficient (Wildman–Crippen LogP) is 3.99. The molecule has 0 unspecified atom stereocenters. The quantitative estimate of drug-likeness (QED) is 0.682. The molecule has 0 saturated heterocycles. The van der Waals surface area contributed by atoms with Gasteiger partial charge in [-0.3, -0.25) is 4.79 Å². The van der Waals surface area contributed by atoms with Gasteiger partial charge in [0.25, 0.3) is 0 Å². The summed E-state index contributed by atoms with van der Waals surface area (Å²) in [6.45, 7) is 0.355. The summed E-state index contributed by atoms with van der Waals surface area (Å²) in [4.78, 5) is 14.3. The average Bonchev–Trinajstić information content (AvgIpc) is 3.14. The Hall–Kier alpha value is -2.95. The van der Waals surface area contributed by atoms with Crippen molar-refractivity contribution in [3.05, 3.63) is 89.6 Å². The number of halogens is 1. The van der Waals surface area contributed by atoms with E-state index < -0.39 is 0 Å². The fourth-order valence-corrected chi connectivity index (χ4v) is 2.83. The van der Waals surface area contributed by atoms with Gasteiger partial charge in [0, 0.05) is 25.5 Å². The number of hydrogen-bond acceptors (Lipinski definition) is 3. The third-order valence-electron chi connectivity index (χ3n) is 4.18. The molecule has 1 aromatic heterocycles. The van der Waals surface area contributed by atoms with Crippen LogP contribution >= 0.6 is 0 Å². The van der Waals surface area contributed by atoms with Crippen molar-refractivity contribution in [2.75, 3.05) is 7.05 Å². The number of amides is 1. The molecule has 5 heteroatoms. The number of carbonyl (C=O) groups excluding carboxylic acids is 1. The molecule has 0 bridgehead atoms. The van der Waals surface area contributed by atoms with E-state index in [1.807, 2.05) is 30.3 Å². The van der Waals surface area contributed by atoms with Gasteiger partial charge >= 0.3 is 0 Å². The lowest BCUT2D eigenvalue weighted by Crippen LogP contribution is -2.28. The van der Waals surface area contributed by atoms with Crippen LogP contribution in [-0.4, -0.2) is 23.0 Å². The van der Waals surface area contributed by atoms with Gasteiger partial charge in [-0.05, 0) is 17.2 Å². The highest BCUT2D eigenvalue weighted by molar-refractivity contribution is 5.77. The van der Waals surface area contributed by atoms with E-state index >= 15 is 0 Å². The van der Waals surface area contributed by atoms with Crippen molar-refractivity contribution in [3.63, 3.8) is 0 Å². The Morgan fingerprint density at radius 1 is 1.12 bits per heavy atom. The minimum absolute atomic E-state index is 0.0832. The van der Waals surface area contributed by atoms with E-state index in [1.165, 1.54) is 12.3 Å². The molecule has 0 aliphatic rings. The second-order valence-corrected chi connectivity index (χ2v) is 5.93. The summed E-state index contributed by atoms with van der Waals surface area (Å²) in [7, 11) is 1.71. The van der Waals surface area contributed by atoms with Crippen molar-refractivity contribution in [1.29, 1.82) is 0 Å². The maximum Gasteiger partial charge on any atom is 0.223 e. The van der Waals surface area contributed by atoms with Gasteiger partial charge in [-0.15, -0.1) is 0 Å². The van der Waals surface area contributed by atoms with Crippen molar-refractivity contribution in [2.24, 2.45) is 0 Å². The van der Waals surface area contributed by atoms with E-state index in [2.05, 4.69) is 5.16 Å². The monoisotopic (exact) mass is 338 g/mol. The van der Waals surface area contributed by atoms with Crippen LogP contribution in [0.25, 0.3) is 0 Å². The van der Waals surface area contributed by atoms with Crippen LogP contribution in [0, 0.1) is 5.82 Å². The Morgan fingerprint density at radius 3 is 2.52 bits per heavy atom. The molecule has 2 aromatic carbocycles. The summed E-state index contributed by atoms with van der Waals surface area (Å²) in [5.74, 6) is -0.724. The van der Waals surface area contributed by atoms with Crippen LogP contribution in [-0.2, 0) is 11.3 Å². The second kappa shape index (κ2) is 7.75. The van der Waals surface area contributed by atoms with Crippen LogP contribution in [0.3, 0.4) is 0 Å². The van der Waals surface area contributed by atoms with Crippen LogP contribution in [0.4, 0.5) is 4.39 Å². The van der Waals surface area contributed by atoms with Crippen molar-refractivity contribution < 1.29 is 13.7 Å². The first-order chi connectivity index (χ1) is 12.1. The molecule has 1 atom stereocenters. The summed E-state index contributed by atoms with van der Waals surface area (Å²) in [6.07, 6.45) is 1.65. The second-order valence-electron chi connectivity index (χ2n) is 5.93. The number of rotatable bonds is 6. The topological polar surface area (TPSA) is 46.3 Å². The fourth-order valence-electron chi connectivity index (χ4n) is 2.83. The number of carbonyl (C=O) groups is 1. The highest BCUT2D eigenvalue weighted by atomic mass is 19.1. The van der Waals surface area contributed by atoms with E-state index in [1.54, 1.807) is 36.2 Å². The van der Waals surface area contributed by atoms with Crippen LogP contribution in [0.2, 0.25) is 0 Å². The number of benzene rings is 2. The molecule has 1 heterocycles. The van der Waals surface area contributed by atoms with E-state index in [-0.39, 0.29) is 24.1 Å². The number of nitrogens with zero attached hydrogens (tertiary/aromatic N) is 2. The van der Waals surface area contributed by atoms with Gasteiger partial charge in [-0.1, -0.05) is 53.7 Å². The third kappa shape index (κ3) is 4.12. The molecule has 0 saturated carbocycles. The first kappa shape index (κ1) is 16.9. The van der Waals surface area contributed by atoms with Gasteiger partial charge in [0.15, 0.2) is 0 Å². The normalized spacial score (nSPS) is 11.9. The molecule has 25 heavy (non-hydrogen) atoms. The Kier molecular flexibility index (Phi) is 5.23. The molecule has 3 rings (SSSR count). The Labute approximate surface area is 145 Å². The molecule has 0 aliphatic heterocycles. The van der Waals surface area contributed by atoms with Gasteiger partial charge in [-0.25, -0.2) is 4.39 Å². The summed E-state index contributed by atoms with van der Waals surface area (Å²) in [5.41, 5.74) is 2.12. The summed E-state index contributed by atoms with van der Waals surface area (Å²) in [6, 6.07) is 17.9. The summed E-state index contributed by atoms with van der Waals surface area (Å²) >= 11 is 0. The first-order valence-corrected chi connectivity index (χ1v) is 8.07. The van der Waals surface area contributed by atoms with Gasteiger partial charge in [0.05, 0.1) is 6.54 Å². The lowest BCUT2D eigenvalue weighted by molar-refractivity contribution is -0.130. The molecular weight excluding hydrogens is 319 g/mol. The summed E-state index contributed by atoms with van der Waals surface area (Å²) in [5, 5.41) is 3.82. The van der Waals surface area contributed by atoms with Crippen LogP contribution in [0.15, 0.2) is 71.4 Å². The van der Waals surface area contributed by atoms with E-state index in [4.69, 9.17) is 4.52 Å². The molecule has 0 N–H and O–H groups in total. The standard InChI is InChI=1S/C20H19FN2O2/c1-23(14-16-11-12-25-22-16)20(24)13-18(15-7-3-2-4-8-15)17-9-5-6-10-19(17)21/h2-12,18H,13-14H2,1H3/t18-/m1/s1. The molecule has 0 spiro atoms. The van der Waals surface area contributed by atoms with Crippen LogP contribution in [0.1, 0.15) is 29.2 Å². The SMILES string of the molecule is CN(Cc1ccon1)C(=O)C[C@H](c1ccccc1)c1ccccc1F. The summed E-state index contributed by atoms with van der Waals surface area (Å²) < 4.78 is 19.1. The number of aromatic nitrogens is 1. The predicted molar refractivity (Wildman–Crippen MR) is 92.3 cm³/mol. The van der Waals surface area contributed by atoms with Crippen molar-refractivity contribution in [3.8, 4) is 0 Å². The van der Waals surface area contributed by atoms with Gasteiger partial charge in [-0.2, -0.15) is 0 Å². The molecule has 128 valence electrons. The molecule has 1 amide bonds. The Balaban J connectivity index is 1.83. The maximum absolute atomic E-state index is 14.3. The smallest absolute Gasteiger partial charge is 0.223 e. The lowest BCUT2D eigenvalue weighted by Gasteiger charge is -2.22. The third-order valence-corrected chi connectivity index (χ3v) is 4.18. The van der Waals surface area contributed by atoms with Gasteiger partial charge in [0.2, 0.25) is 5.91 Å². The van der Waals surface area contributed by atoms with Crippen molar-refractivity contribution >= 4 is 5.91 Å². The van der Waals surface area contributed by atoms with E-state index in [0.29, 0.717) is 17.8 Å². The molecule has 0 radical (unpaired) electrons. The largest absolute Gasteiger partial charge is 0.364 e. The zero-order valence-corrected chi connectivity index (χ0v) is 13.9. The zero-order chi connectivity index (χ0) is 17.6. The molecule has 3 aromatic rings. The van der Waals surface area contributed by atoms with Crippen molar-refractivity contribution in [2.45, 2.75) is 18.9 Å². The average molecular weight is 338 g/mol. The minimum atomic E-state index is -0.338. The number of hydrogen-bond donors (Lipinski definition) is 0. The van der Waals surface area contributed by atoms with Crippen LogP contribution in [0.5, 0.6) is 0 Å². The lowest BCUT2D eigenvalue weighted by atomic mass is 9.88. The highest BCUT2D eigenvalue weighted by Crippen LogP contribution is 2.30. The molecular formula is C20H19FN2O2. The van der Waals surface area contributed by atoms with Crippen LogP contribution < -0.4 is 0 Å². The Bertz CT molecular complexity index is 819.